The van der Waals surface area contributed by atoms with Gasteiger partial charge in [0.15, 0.2) is 11.5 Å². The number of rotatable bonds is 6. The predicted octanol–water partition coefficient (Wildman–Crippen LogP) is 4.64. The number of ether oxygens (including phenoxy) is 2. The number of benzene rings is 1. The lowest BCUT2D eigenvalue weighted by atomic mass is 10.1. The summed E-state index contributed by atoms with van der Waals surface area (Å²) in [5.74, 6) is 2.29. The van der Waals surface area contributed by atoms with Crippen molar-refractivity contribution in [1.29, 1.82) is 0 Å². The van der Waals surface area contributed by atoms with Crippen LogP contribution in [0.3, 0.4) is 0 Å². The van der Waals surface area contributed by atoms with E-state index in [9.17, 15) is 0 Å². The lowest BCUT2D eigenvalue weighted by molar-refractivity contribution is 0.355. The molecule has 2 aromatic rings. The molecule has 1 fully saturated rings. The lowest BCUT2D eigenvalue weighted by Gasteiger charge is -2.21. The van der Waals surface area contributed by atoms with Crippen LogP contribution >= 0.6 is 11.3 Å². The summed E-state index contributed by atoms with van der Waals surface area (Å²) < 4.78 is 10.8. The number of nitrogens with one attached hydrogen (secondary N) is 1. The summed E-state index contributed by atoms with van der Waals surface area (Å²) in [5.41, 5.74) is 2.30. The minimum absolute atomic E-state index is 0.404. The van der Waals surface area contributed by atoms with E-state index < -0.39 is 0 Å². The van der Waals surface area contributed by atoms with E-state index in [-0.39, 0.29) is 0 Å². The van der Waals surface area contributed by atoms with E-state index in [2.05, 4.69) is 29.8 Å². The van der Waals surface area contributed by atoms with Crippen molar-refractivity contribution in [3.05, 3.63) is 40.1 Å². The van der Waals surface area contributed by atoms with Gasteiger partial charge in [-0.2, -0.15) is 0 Å². The zero-order valence-corrected chi connectivity index (χ0v) is 13.5. The van der Waals surface area contributed by atoms with E-state index in [1.54, 1.807) is 14.2 Å². The highest BCUT2D eigenvalue weighted by molar-refractivity contribution is 7.10. The van der Waals surface area contributed by atoms with Gasteiger partial charge in [-0.1, -0.05) is 6.07 Å². The van der Waals surface area contributed by atoms with Crippen LogP contribution in [0.15, 0.2) is 29.6 Å². The van der Waals surface area contributed by atoms with Crippen molar-refractivity contribution in [2.45, 2.75) is 25.8 Å². The molecule has 1 aliphatic rings. The minimum Gasteiger partial charge on any atom is -0.493 e. The highest BCUT2D eigenvalue weighted by Gasteiger charge is 2.33. The van der Waals surface area contributed by atoms with Gasteiger partial charge in [-0.25, -0.2) is 0 Å². The average molecular weight is 303 g/mol. The Morgan fingerprint density at radius 2 is 1.90 bits per heavy atom. The Balaban J connectivity index is 1.89. The average Bonchev–Trinajstić information content (AvgIpc) is 3.19. The molecule has 1 N–H and O–H groups in total. The van der Waals surface area contributed by atoms with Gasteiger partial charge in [-0.15, -0.1) is 11.3 Å². The molecule has 0 spiro atoms. The molecule has 112 valence electrons. The van der Waals surface area contributed by atoms with Gasteiger partial charge in [-0.05, 0) is 48.8 Å². The third kappa shape index (κ3) is 3.00. The van der Waals surface area contributed by atoms with E-state index in [4.69, 9.17) is 9.47 Å². The highest BCUT2D eigenvalue weighted by Crippen LogP contribution is 2.45. The smallest absolute Gasteiger partial charge is 0.162 e. The summed E-state index contributed by atoms with van der Waals surface area (Å²) in [4.78, 5) is 1.41. The standard InChI is InChI=1S/C17H21NO2S/c1-11-9-14(19-2)15(20-3)10-13(11)18-17(12-6-7-12)16-5-4-8-21-16/h4-5,8-10,12,17-18H,6-7H2,1-3H3. The molecule has 1 saturated carbocycles. The van der Waals surface area contributed by atoms with Gasteiger partial charge in [0.2, 0.25) is 0 Å². The Hall–Kier alpha value is -1.68. The van der Waals surface area contributed by atoms with Crippen LogP contribution in [-0.2, 0) is 0 Å². The van der Waals surface area contributed by atoms with Gasteiger partial charge in [0, 0.05) is 16.6 Å². The quantitative estimate of drug-likeness (QED) is 0.843. The Morgan fingerprint density at radius 1 is 1.19 bits per heavy atom. The Kier molecular flexibility index (Phi) is 4.06. The maximum absolute atomic E-state index is 5.42. The summed E-state index contributed by atoms with van der Waals surface area (Å²) in [6.45, 7) is 2.10. The molecular formula is C17H21NO2S. The second kappa shape index (κ2) is 5.98. The van der Waals surface area contributed by atoms with E-state index in [0.29, 0.717) is 6.04 Å². The molecule has 1 aromatic heterocycles. The van der Waals surface area contributed by atoms with Gasteiger partial charge in [0.25, 0.3) is 0 Å². The number of thiophene rings is 1. The van der Waals surface area contributed by atoms with Crippen LogP contribution in [0, 0.1) is 12.8 Å². The van der Waals surface area contributed by atoms with Crippen molar-refractivity contribution in [2.24, 2.45) is 5.92 Å². The van der Waals surface area contributed by atoms with Crippen molar-refractivity contribution >= 4 is 17.0 Å². The van der Waals surface area contributed by atoms with Gasteiger partial charge in [-0.3, -0.25) is 0 Å². The predicted molar refractivity (Wildman–Crippen MR) is 87.7 cm³/mol. The van der Waals surface area contributed by atoms with Crippen LogP contribution in [-0.4, -0.2) is 14.2 Å². The monoisotopic (exact) mass is 303 g/mol. The van der Waals surface area contributed by atoms with Crippen molar-refractivity contribution in [3.8, 4) is 11.5 Å². The summed E-state index contributed by atoms with van der Waals surface area (Å²) >= 11 is 1.82. The second-order valence-corrected chi connectivity index (χ2v) is 6.48. The molecule has 3 nitrogen and oxygen atoms in total. The van der Waals surface area contributed by atoms with Crippen LogP contribution < -0.4 is 14.8 Å². The molecule has 0 bridgehead atoms. The maximum Gasteiger partial charge on any atom is 0.162 e. The van der Waals surface area contributed by atoms with Crippen LogP contribution in [0.1, 0.15) is 29.3 Å². The molecule has 1 heterocycles. The Bertz CT molecular complexity index is 606. The molecule has 1 atom stereocenters. The summed E-state index contributed by atoms with van der Waals surface area (Å²) in [5, 5.41) is 5.86. The SMILES string of the molecule is COc1cc(C)c(NC(c2cccs2)C2CC2)cc1OC. The number of hydrogen-bond acceptors (Lipinski definition) is 4. The number of hydrogen-bond donors (Lipinski definition) is 1. The van der Waals surface area contributed by atoms with Gasteiger partial charge in [0.05, 0.1) is 20.3 Å². The molecule has 1 aromatic carbocycles. The van der Waals surface area contributed by atoms with Crippen molar-refractivity contribution in [2.75, 3.05) is 19.5 Å². The van der Waals surface area contributed by atoms with E-state index in [0.717, 1.165) is 23.1 Å². The van der Waals surface area contributed by atoms with Gasteiger partial charge in [0.1, 0.15) is 0 Å². The highest BCUT2D eigenvalue weighted by atomic mass is 32.1. The van der Waals surface area contributed by atoms with E-state index in [1.165, 1.54) is 23.3 Å². The molecule has 1 aliphatic carbocycles. The molecule has 0 amide bonds. The van der Waals surface area contributed by atoms with Gasteiger partial charge < -0.3 is 14.8 Å². The largest absolute Gasteiger partial charge is 0.493 e. The van der Waals surface area contributed by atoms with Crippen LogP contribution in [0.4, 0.5) is 5.69 Å². The molecule has 0 saturated heterocycles. The molecule has 0 aliphatic heterocycles. The first-order valence-electron chi connectivity index (χ1n) is 7.25. The first-order chi connectivity index (χ1) is 10.2. The molecule has 21 heavy (non-hydrogen) atoms. The zero-order chi connectivity index (χ0) is 14.8. The molecule has 0 radical (unpaired) electrons. The third-order valence-electron chi connectivity index (χ3n) is 3.98. The van der Waals surface area contributed by atoms with Crippen molar-refractivity contribution < 1.29 is 9.47 Å². The molecule has 1 unspecified atom stereocenters. The van der Waals surface area contributed by atoms with E-state index >= 15 is 0 Å². The lowest BCUT2D eigenvalue weighted by Crippen LogP contribution is -2.12. The summed E-state index contributed by atoms with van der Waals surface area (Å²) in [6, 6.07) is 8.81. The first kappa shape index (κ1) is 14.3. The Morgan fingerprint density at radius 3 is 2.48 bits per heavy atom. The Labute approximate surface area is 129 Å². The van der Waals surface area contributed by atoms with Crippen molar-refractivity contribution in [3.63, 3.8) is 0 Å². The number of aryl methyl sites for hydroxylation is 1. The fourth-order valence-electron chi connectivity index (χ4n) is 2.62. The fourth-order valence-corrected chi connectivity index (χ4v) is 3.49. The first-order valence-corrected chi connectivity index (χ1v) is 8.13. The summed E-state index contributed by atoms with van der Waals surface area (Å²) in [6.07, 6.45) is 2.61. The number of methoxy groups -OCH3 is 2. The second-order valence-electron chi connectivity index (χ2n) is 5.50. The maximum atomic E-state index is 5.42. The van der Waals surface area contributed by atoms with Crippen LogP contribution in [0.5, 0.6) is 11.5 Å². The normalized spacial score (nSPS) is 15.6. The number of anilines is 1. The minimum atomic E-state index is 0.404. The van der Waals surface area contributed by atoms with Crippen LogP contribution in [0.25, 0.3) is 0 Å². The molecule has 4 heteroatoms. The van der Waals surface area contributed by atoms with Crippen LogP contribution in [0.2, 0.25) is 0 Å². The van der Waals surface area contributed by atoms with Crippen molar-refractivity contribution in [1.82, 2.24) is 0 Å². The summed E-state index contributed by atoms with van der Waals surface area (Å²) in [7, 11) is 3.34. The zero-order valence-electron chi connectivity index (χ0n) is 12.7. The topological polar surface area (TPSA) is 30.5 Å². The molecular weight excluding hydrogens is 282 g/mol. The molecule has 3 rings (SSSR count). The van der Waals surface area contributed by atoms with E-state index in [1.807, 2.05) is 23.5 Å². The third-order valence-corrected chi connectivity index (χ3v) is 4.94. The van der Waals surface area contributed by atoms with Gasteiger partial charge >= 0.3 is 0 Å². The fraction of sp³-hybridized carbons (Fsp3) is 0.412.